The van der Waals surface area contributed by atoms with Crippen molar-refractivity contribution >= 4 is 23.2 Å². The Labute approximate surface area is 122 Å². The fraction of sp³-hybridized carbons (Fsp3) is 0.286. The van der Waals surface area contributed by atoms with Crippen LogP contribution in [0.15, 0.2) is 24.3 Å². The first kappa shape index (κ1) is 13.1. The monoisotopic (exact) mass is 290 g/mol. The highest BCUT2D eigenvalue weighted by Gasteiger charge is 2.16. The Morgan fingerprint density at radius 3 is 3.10 bits per heavy atom. The fourth-order valence-corrected chi connectivity index (χ4v) is 2.48. The molecule has 5 nitrogen and oxygen atoms in total. The molecule has 0 bridgehead atoms. The van der Waals surface area contributed by atoms with Gasteiger partial charge < -0.3 is 15.4 Å². The van der Waals surface area contributed by atoms with Crippen LogP contribution in [0.3, 0.4) is 0 Å². The zero-order valence-electron chi connectivity index (χ0n) is 11.1. The summed E-state index contributed by atoms with van der Waals surface area (Å²) < 4.78 is 5.19. The van der Waals surface area contributed by atoms with Crippen LogP contribution < -0.4 is 15.4 Å². The van der Waals surface area contributed by atoms with Gasteiger partial charge in [-0.1, -0.05) is 17.7 Å². The summed E-state index contributed by atoms with van der Waals surface area (Å²) in [5, 5.41) is 6.97. The predicted octanol–water partition coefficient (Wildman–Crippen LogP) is 2.53. The third kappa shape index (κ3) is 2.69. The number of nitrogens with one attached hydrogen (secondary N) is 2. The number of methoxy groups -OCH3 is 1. The van der Waals surface area contributed by atoms with Crippen LogP contribution in [0.4, 0.5) is 11.6 Å². The lowest BCUT2D eigenvalue weighted by Crippen LogP contribution is -2.25. The van der Waals surface area contributed by atoms with Gasteiger partial charge in [0.15, 0.2) is 0 Å². The molecule has 3 rings (SSSR count). The van der Waals surface area contributed by atoms with Crippen molar-refractivity contribution in [3.8, 4) is 5.75 Å². The zero-order valence-corrected chi connectivity index (χ0v) is 11.9. The number of ether oxygens (including phenoxy) is 1. The van der Waals surface area contributed by atoms with Gasteiger partial charge in [-0.3, -0.25) is 0 Å². The lowest BCUT2D eigenvalue weighted by molar-refractivity contribution is 0.415. The molecule has 2 aromatic rings. The number of nitrogens with zero attached hydrogens (tertiary/aromatic N) is 2. The SMILES string of the molecule is COc1cccc(Nc2nc(Cl)c3c(n2)CNCC3)c1. The van der Waals surface area contributed by atoms with Gasteiger partial charge in [0, 0.05) is 23.9 Å². The molecular weight excluding hydrogens is 276 g/mol. The third-order valence-corrected chi connectivity index (χ3v) is 3.53. The molecule has 0 spiro atoms. The van der Waals surface area contributed by atoms with Crippen LogP contribution in [0.2, 0.25) is 5.15 Å². The maximum absolute atomic E-state index is 6.23. The van der Waals surface area contributed by atoms with Crippen molar-refractivity contribution in [1.29, 1.82) is 0 Å². The Kier molecular flexibility index (Phi) is 3.71. The first-order valence-electron chi connectivity index (χ1n) is 6.43. The second kappa shape index (κ2) is 5.64. The Bertz CT molecular complexity index is 633. The molecule has 2 N–H and O–H groups in total. The van der Waals surface area contributed by atoms with Crippen LogP contribution in [0.5, 0.6) is 5.75 Å². The summed E-state index contributed by atoms with van der Waals surface area (Å²) in [6.45, 7) is 1.64. The molecule has 104 valence electrons. The Morgan fingerprint density at radius 2 is 2.25 bits per heavy atom. The average molecular weight is 291 g/mol. The van der Waals surface area contributed by atoms with Gasteiger partial charge in [0.2, 0.25) is 5.95 Å². The van der Waals surface area contributed by atoms with E-state index in [2.05, 4.69) is 20.6 Å². The predicted molar refractivity (Wildman–Crippen MR) is 78.7 cm³/mol. The van der Waals surface area contributed by atoms with Crippen molar-refractivity contribution in [3.63, 3.8) is 0 Å². The van der Waals surface area contributed by atoms with Gasteiger partial charge in [-0.2, -0.15) is 0 Å². The molecule has 0 saturated carbocycles. The summed E-state index contributed by atoms with van der Waals surface area (Å²) in [6, 6.07) is 7.60. The molecule has 1 aliphatic heterocycles. The second-order valence-corrected chi connectivity index (χ2v) is 4.91. The van der Waals surface area contributed by atoms with E-state index < -0.39 is 0 Å². The van der Waals surface area contributed by atoms with Gasteiger partial charge in [0.1, 0.15) is 10.9 Å². The quantitative estimate of drug-likeness (QED) is 0.851. The van der Waals surface area contributed by atoms with Crippen LogP contribution in [0.25, 0.3) is 0 Å². The van der Waals surface area contributed by atoms with Gasteiger partial charge in [0.25, 0.3) is 0 Å². The molecule has 0 radical (unpaired) electrons. The summed E-state index contributed by atoms with van der Waals surface area (Å²) in [6.07, 6.45) is 0.869. The molecule has 0 atom stereocenters. The van der Waals surface area contributed by atoms with E-state index in [1.165, 1.54) is 0 Å². The van der Waals surface area contributed by atoms with E-state index in [1.54, 1.807) is 7.11 Å². The van der Waals surface area contributed by atoms with Crippen molar-refractivity contribution in [2.24, 2.45) is 0 Å². The van der Waals surface area contributed by atoms with Gasteiger partial charge in [0.05, 0.1) is 12.8 Å². The van der Waals surface area contributed by atoms with Crippen LogP contribution in [-0.2, 0) is 13.0 Å². The minimum atomic E-state index is 0.505. The fourth-order valence-electron chi connectivity index (χ4n) is 2.20. The first-order valence-corrected chi connectivity index (χ1v) is 6.81. The highest BCUT2D eigenvalue weighted by Crippen LogP contribution is 2.24. The molecule has 0 saturated heterocycles. The number of aromatic nitrogens is 2. The van der Waals surface area contributed by atoms with E-state index in [4.69, 9.17) is 16.3 Å². The van der Waals surface area contributed by atoms with Crippen LogP contribution >= 0.6 is 11.6 Å². The Balaban J connectivity index is 1.89. The summed E-state index contributed by atoms with van der Waals surface area (Å²) in [5.41, 5.74) is 2.87. The summed E-state index contributed by atoms with van der Waals surface area (Å²) in [4.78, 5) is 8.83. The number of benzene rings is 1. The molecule has 0 unspecified atom stereocenters. The topological polar surface area (TPSA) is 59.1 Å². The maximum atomic E-state index is 6.23. The summed E-state index contributed by atoms with van der Waals surface area (Å²) in [5.74, 6) is 1.28. The standard InChI is InChI=1S/C14H15ClN4O/c1-20-10-4-2-3-9(7-10)17-14-18-12-8-16-6-5-11(12)13(15)19-14/h2-4,7,16H,5-6,8H2,1H3,(H,17,18,19). The largest absolute Gasteiger partial charge is 0.497 e. The van der Waals surface area contributed by atoms with E-state index in [0.29, 0.717) is 11.1 Å². The third-order valence-electron chi connectivity index (χ3n) is 3.21. The Morgan fingerprint density at radius 1 is 1.35 bits per heavy atom. The summed E-state index contributed by atoms with van der Waals surface area (Å²) in [7, 11) is 1.64. The molecule has 0 aliphatic carbocycles. The highest BCUT2D eigenvalue weighted by atomic mass is 35.5. The van der Waals surface area contributed by atoms with Gasteiger partial charge >= 0.3 is 0 Å². The Hall–Kier alpha value is -1.85. The molecule has 0 fully saturated rings. The van der Waals surface area contributed by atoms with Crippen molar-refractivity contribution in [3.05, 3.63) is 40.7 Å². The molecule has 2 heterocycles. The molecule has 0 amide bonds. The number of anilines is 2. The zero-order chi connectivity index (χ0) is 13.9. The molecule has 1 aromatic carbocycles. The van der Waals surface area contributed by atoms with E-state index in [1.807, 2.05) is 24.3 Å². The van der Waals surface area contributed by atoms with Crippen molar-refractivity contribution in [2.45, 2.75) is 13.0 Å². The molecule has 1 aromatic heterocycles. The van der Waals surface area contributed by atoms with E-state index in [-0.39, 0.29) is 0 Å². The first-order chi connectivity index (χ1) is 9.76. The minimum Gasteiger partial charge on any atom is -0.497 e. The van der Waals surface area contributed by atoms with Gasteiger partial charge in [-0.25, -0.2) is 9.97 Å². The molecule has 20 heavy (non-hydrogen) atoms. The van der Waals surface area contributed by atoms with E-state index in [9.17, 15) is 0 Å². The molecule has 6 heteroatoms. The summed E-state index contributed by atoms with van der Waals surface area (Å²) >= 11 is 6.23. The number of rotatable bonds is 3. The van der Waals surface area contributed by atoms with Crippen LogP contribution in [0.1, 0.15) is 11.3 Å². The lowest BCUT2D eigenvalue weighted by atomic mass is 10.1. The van der Waals surface area contributed by atoms with Crippen molar-refractivity contribution in [1.82, 2.24) is 15.3 Å². The maximum Gasteiger partial charge on any atom is 0.228 e. The normalized spacial score (nSPS) is 13.7. The average Bonchev–Trinajstić information content (AvgIpc) is 2.47. The van der Waals surface area contributed by atoms with Gasteiger partial charge in [-0.15, -0.1) is 0 Å². The lowest BCUT2D eigenvalue weighted by Gasteiger charge is -2.18. The highest BCUT2D eigenvalue weighted by molar-refractivity contribution is 6.30. The number of hydrogen-bond acceptors (Lipinski definition) is 5. The number of hydrogen-bond donors (Lipinski definition) is 2. The smallest absolute Gasteiger partial charge is 0.228 e. The van der Waals surface area contributed by atoms with Crippen LogP contribution in [-0.4, -0.2) is 23.6 Å². The molecular formula is C14H15ClN4O. The van der Waals surface area contributed by atoms with Gasteiger partial charge in [-0.05, 0) is 25.1 Å². The second-order valence-electron chi connectivity index (χ2n) is 4.55. The molecule has 1 aliphatic rings. The number of halogens is 1. The minimum absolute atomic E-state index is 0.505. The van der Waals surface area contributed by atoms with Crippen molar-refractivity contribution in [2.75, 3.05) is 19.0 Å². The van der Waals surface area contributed by atoms with Crippen molar-refractivity contribution < 1.29 is 4.74 Å². The van der Waals surface area contributed by atoms with E-state index in [0.717, 1.165) is 42.2 Å². The number of fused-ring (bicyclic) bond motifs is 1. The van der Waals surface area contributed by atoms with Crippen LogP contribution in [0, 0.1) is 0 Å². The van der Waals surface area contributed by atoms with E-state index >= 15 is 0 Å².